The van der Waals surface area contributed by atoms with Crippen molar-refractivity contribution in [3.8, 4) is 0 Å². The fraction of sp³-hybridized carbons (Fsp3) is 0.723. The molecule has 6 N–H and O–H groups in total. The summed E-state index contributed by atoms with van der Waals surface area (Å²) in [7, 11) is 0. The van der Waals surface area contributed by atoms with E-state index in [1.165, 1.54) is 83.5 Å². The first-order chi connectivity index (χ1) is 37.2. The van der Waals surface area contributed by atoms with Gasteiger partial charge in [0.15, 0.2) is 12.4 Å². The fourth-order valence-electron chi connectivity index (χ4n) is 8.88. The second kappa shape index (κ2) is 52.3. The van der Waals surface area contributed by atoms with E-state index in [1.807, 2.05) is 6.08 Å². The van der Waals surface area contributed by atoms with Gasteiger partial charge in [0, 0.05) is 6.42 Å². The van der Waals surface area contributed by atoms with Crippen LogP contribution in [0.15, 0.2) is 97.2 Å². The Morgan fingerprint density at radius 2 is 0.947 bits per heavy atom. The zero-order valence-electron chi connectivity index (χ0n) is 48.1. The number of hydrogen-bond acceptors (Lipinski definition) is 10. The van der Waals surface area contributed by atoms with Gasteiger partial charge in [-0.15, -0.1) is 0 Å². The van der Waals surface area contributed by atoms with Gasteiger partial charge in [0.25, 0.3) is 0 Å². The third kappa shape index (κ3) is 39.9. The third-order valence-electron chi connectivity index (χ3n) is 13.7. The lowest BCUT2D eigenvalue weighted by atomic mass is 9.99. The summed E-state index contributed by atoms with van der Waals surface area (Å²) in [5.41, 5.74) is 0. The molecule has 0 aromatic carbocycles. The molecule has 1 aliphatic rings. The molecule has 436 valence electrons. The quantitative estimate of drug-likeness (QED) is 0.0195. The maximum atomic E-state index is 13.4. The van der Waals surface area contributed by atoms with Crippen molar-refractivity contribution < 1.29 is 49.3 Å². The van der Waals surface area contributed by atoms with Crippen LogP contribution >= 0.6 is 0 Å². The van der Waals surface area contributed by atoms with Gasteiger partial charge in [-0.05, 0) is 103 Å². The zero-order valence-corrected chi connectivity index (χ0v) is 48.1. The second-order valence-electron chi connectivity index (χ2n) is 20.7. The molecule has 11 nitrogen and oxygen atoms in total. The highest BCUT2D eigenvalue weighted by molar-refractivity contribution is 5.80. The van der Waals surface area contributed by atoms with Crippen molar-refractivity contribution in [2.75, 3.05) is 13.2 Å². The molecule has 1 rings (SSSR count). The van der Waals surface area contributed by atoms with Crippen LogP contribution in [0.5, 0.6) is 0 Å². The number of ether oxygens (including phenoxy) is 3. The lowest BCUT2D eigenvalue weighted by molar-refractivity contribution is -0.305. The number of nitrogens with one attached hydrogen (secondary N) is 1. The fourth-order valence-corrected chi connectivity index (χ4v) is 8.88. The highest BCUT2D eigenvalue weighted by Gasteiger charge is 2.47. The summed E-state index contributed by atoms with van der Waals surface area (Å²) in [5.74, 6) is -1.24. The Kier molecular flexibility index (Phi) is 48.6. The van der Waals surface area contributed by atoms with Crippen LogP contribution in [-0.2, 0) is 23.8 Å². The summed E-state index contributed by atoms with van der Waals surface area (Å²) in [6.45, 7) is 5.62. The number of aliphatic hydroxyl groups is 5. The SMILES string of the molecule is CC/C=C\C/C=C\C/C=C\C/C=C\C/C=C\C/C=C\CCCCCC(O)C(=O)NC(COC1OC(CO)C(O)C(O)C1OC(=O)CCCCC/C=C\CCCCCCCC)C(O)/C=C/CCCCCCCCCCCC. The van der Waals surface area contributed by atoms with E-state index in [0.29, 0.717) is 12.8 Å². The smallest absolute Gasteiger partial charge is 0.306 e. The summed E-state index contributed by atoms with van der Waals surface area (Å²) in [5, 5.41) is 56.9. The minimum absolute atomic E-state index is 0.0958. The molecule has 1 fully saturated rings. The van der Waals surface area contributed by atoms with Crippen molar-refractivity contribution in [3.05, 3.63) is 97.2 Å². The van der Waals surface area contributed by atoms with Crippen LogP contribution in [0.25, 0.3) is 0 Å². The first-order valence-electron chi connectivity index (χ1n) is 30.5. The van der Waals surface area contributed by atoms with E-state index in [-0.39, 0.29) is 19.4 Å². The van der Waals surface area contributed by atoms with Crippen molar-refractivity contribution >= 4 is 11.9 Å². The van der Waals surface area contributed by atoms with Crippen molar-refractivity contribution in [1.29, 1.82) is 0 Å². The Labute approximate surface area is 463 Å². The molecular weight excluding hydrogens is 955 g/mol. The molecule has 0 bridgehead atoms. The Bertz CT molecular complexity index is 1600. The average molecular weight is 1070 g/mol. The molecule has 76 heavy (non-hydrogen) atoms. The van der Waals surface area contributed by atoms with Gasteiger partial charge in [-0.1, -0.05) is 227 Å². The molecular formula is C65H111NO10. The van der Waals surface area contributed by atoms with Crippen molar-refractivity contribution in [3.63, 3.8) is 0 Å². The van der Waals surface area contributed by atoms with E-state index in [2.05, 4.69) is 111 Å². The molecule has 1 aliphatic heterocycles. The number of rotatable bonds is 50. The highest BCUT2D eigenvalue weighted by atomic mass is 16.7. The van der Waals surface area contributed by atoms with Crippen LogP contribution in [0, 0.1) is 0 Å². The number of amides is 1. The minimum Gasteiger partial charge on any atom is -0.454 e. The van der Waals surface area contributed by atoms with Gasteiger partial charge in [-0.3, -0.25) is 9.59 Å². The Hall–Kier alpha value is -3.42. The third-order valence-corrected chi connectivity index (χ3v) is 13.7. The van der Waals surface area contributed by atoms with Gasteiger partial charge in [0.1, 0.15) is 24.4 Å². The zero-order chi connectivity index (χ0) is 55.4. The van der Waals surface area contributed by atoms with E-state index in [1.54, 1.807) is 6.08 Å². The van der Waals surface area contributed by atoms with E-state index < -0.39 is 67.4 Å². The van der Waals surface area contributed by atoms with Gasteiger partial charge in [0.2, 0.25) is 5.91 Å². The number of esters is 1. The van der Waals surface area contributed by atoms with Crippen LogP contribution in [0.1, 0.15) is 239 Å². The number of unbranched alkanes of at least 4 members (excludes halogenated alkanes) is 22. The second-order valence-corrected chi connectivity index (χ2v) is 20.7. The average Bonchev–Trinajstić information content (AvgIpc) is 3.42. The Morgan fingerprint density at radius 1 is 0.526 bits per heavy atom. The summed E-state index contributed by atoms with van der Waals surface area (Å²) >= 11 is 0. The monoisotopic (exact) mass is 1070 g/mol. The van der Waals surface area contributed by atoms with E-state index >= 15 is 0 Å². The molecule has 8 unspecified atom stereocenters. The van der Waals surface area contributed by atoms with E-state index in [0.717, 1.165) is 109 Å². The van der Waals surface area contributed by atoms with Crippen LogP contribution in [0.4, 0.5) is 0 Å². The lowest BCUT2D eigenvalue weighted by Crippen LogP contribution is -2.61. The number of hydrogen-bond donors (Lipinski definition) is 6. The van der Waals surface area contributed by atoms with Crippen molar-refractivity contribution in [2.24, 2.45) is 0 Å². The number of carbonyl (C=O) groups excluding carboxylic acids is 2. The molecule has 0 spiro atoms. The van der Waals surface area contributed by atoms with Crippen LogP contribution in [-0.4, -0.2) is 99.6 Å². The summed E-state index contributed by atoms with van der Waals surface area (Å²) in [4.78, 5) is 26.5. The largest absolute Gasteiger partial charge is 0.454 e. The summed E-state index contributed by atoms with van der Waals surface area (Å²) in [6, 6.07) is -1.05. The first kappa shape index (κ1) is 70.6. The molecule has 1 amide bonds. The first-order valence-corrected chi connectivity index (χ1v) is 30.5. The molecule has 0 radical (unpaired) electrons. The normalized spacial score (nSPS) is 19.8. The molecule has 11 heteroatoms. The molecule has 1 heterocycles. The van der Waals surface area contributed by atoms with E-state index in [9.17, 15) is 35.1 Å². The van der Waals surface area contributed by atoms with Crippen molar-refractivity contribution in [1.82, 2.24) is 5.32 Å². The summed E-state index contributed by atoms with van der Waals surface area (Å²) in [6.07, 6.45) is 58.8. The van der Waals surface area contributed by atoms with Crippen LogP contribution < -0.4 is 5.32 Å². The van der Waals surface area contributed by atoms with Gasteiger partial charge in [-0.2, -0.15) is 0 Å². The lowest BCUT2D eigenvalue weighted by Gasteiger charge is -2.41. The van der Waals surface area contributed by atoms with Gasteiger partial charge < -0.3 is 45.1 Å². The number of aliphatic hydroxyl groups excluding tert-OH is 5. The maximum absolute atomic E-state index is 13.4. The molecule has 8 atom stereocenters. The maximum Gasteiger partial charge on any atom is 0.306 e. The number of carbonyl (C=O) groups is 2. The predicted octanol–water partition coefficient (Wildman–Crippen LogP) is 14.3. The molecule has 0 saturated carbocycles. The van der Waals surface area contributed by atoms with Gasteiger partial charge in [0.05, 0.1) is 25.4 Å². The van der Waals surface area contributed by atoms with Crippen LogP contribution in [0.3, 0.4) is 0 Å². The molecule has 1 saturated heterocycles. The molecule has 0 aromatic heterocycles. The summed E-state index contributed by atoms with van der Waals surface area (Å²) < 4.78 is 17.6. The topological polar surface area (TPSA) is 175 Å². The standard InChI is InChI=1S/C65H111NO10/c1-4-7-10-13-16-19-22-25-26-27-28-29-30-31-32-33-35-37-40-43-46-49-52-58(69)64(73)66-56(57(68)51-48-45-42-39-36-24-21-18-15-12-9-6-3)55-74-65-63(62(72)61(71)59(54-67)75-65)76-60(70)53-50-47-44-41-38-34-23-20-17-14-11-8-5-2/h7,10,16,19,25-26,28-29,31-32,34-35,37-38,48,51,56-59,61-63,65,67-69,71-72H,4-6,8-9,11-15,17-18,20-24,27,30,33,36,39-47,49-50,52-55H2,1-3H3,(H,66,73)/b10-7-,19-16-,26-25-,29-28-,32-31-,37-35-,38-34-,51-48+. The molecule has 0 aromatic rings. The Morgan fingerprint density at radius 3 is 1.43 bits per heavy atom. The Balaban J connectivity index is 2.72. The highest BCUT2D eigenvalue weighted by Crippen LogP contribution is 2.26. The molecule has 0 aliphatic carbocycles. The van der Waals surface area contributed by atoms with Gasteiger partial charge in [-0.25, -0.2) is 0 Å². The number of allylic oxidation sites excluding steroid dienone is 15. The predicted molar refractivity (Wildman–Crippen MR) is 315 cm³/mol. The van der Waals surface area contributed by atoms with E-state index in [4.69, 9.17) is 14.2 Å². The minimum atomic E-state index is -1.63. The van der Waals surface area contributed by atoms with Gasteiger partial charge >= 0.3 is 5.97 Å². The van der Waals surface area contributed by atoms with Crippen molar-refractivity contribution in [2.45, 2.75) is 288 Å². The van der Waals surface area contributed by atoms with Crippen LogP contribution in [0.2, 0.25) is 0 Å².